The summed E-state index contributed by atoms with van der Waals surface area (Å²) in [5.74, 6) is 0. The molecule has 0 atom stereocenters. The number of rotatable bonds is 7. The molecule has 12 heteroatoms. The highest BCUT2D eigenvalue weighted by Gasteiger charge is 2.39. The van der Waals surface area contributed by atoms with Gasteiger partial charge in [-0.3, -0.25) is 4.98 Å². The van der Waals surface area contributed by atoms with Crippen molar-refractivity contribution in [2.75, 3.05) is 5.32 Å². The number of urea groups is 1. The molecule has 0 saturated carbocycles. The summed E-state index contributed by atoms with van der Waals surface area (Å²) in [6.45, 7) is 13.5. The zero-order valence-electron chi connectivity index (χ0n) is 22.7. The van der Waals surface area contributed by atoms with Crippen LogP contribution in [0.1, 0.15) is 80.7 Å². The maximum absolute atomic E-state index is 13.4. The Morgan fingerprint density at radius 2 is 1.59 bits per heavy atom. The normalized spacial score (nSPS) is 16.0. The Morgan fingerprint density at radius 3 is 2.11 bits per heavy atom. The van der Waals surface area contributed by atoms with Gasteiger partial charge >= 0.3 is 6.03 Å². The molecule has 2 aliphatic rings. The quantitative estimate of drug-likeness (QED) is 0.411. The number of hydrogen-bond acceptors (Lipinski definition) is 8. The van der Waals surface area contributed by atoms with Gasteiger partial charge in [0, 0.05) is 11.4 Å². The molecule has 0 aliphatic heterocycles. The number of hydrogen-bond donors (Lipinski definition) is 3. The predicted octanol–water partition coefficient (Wildman–Crippen LogP) is 4.78. The van der Waals surface area contributed by atoms with Gasteiger partial charge in [0.1, 0.15) is 10.6 Å². The first kappa shape index (κ1) is 28.2. The number of thiazole rings is 1. The Morgan fingerprint density at radius 1 is 1.03 bits per heavy atom. The number of aromatic nitrogens is 2. The van der Waals surface area contributed by atoms with Crippen molar-refractivity contribution in [2.24, 2.45) is 0 Å². The third-order valence-corrected chi connectivity index (χ3v) is 15.3. The molecule has 204 valence electrons. The molecule has 2 aromatic rings. The van der Waals surface area contributed by atoms with E-state index in [1.165, 1.54) is 0 Å². The number of carbonyl (C=O) groups excluding carboxylic acids is 1. The number of aryl methyl sites for hydroxylation is 2. The molecular weight excluding hydrogens is 529 g/mol. The minimum absolute atomic E-state index is 0.0215. The number of carbonyl (C=O) groups is 1. The number of nitrogens with zero attached hydrogens (tertiary/aromatic N) is 2. The molecule has 0 bridgehead atoms. The van der Waals surface area contributed by atoms with Gasteiger partial charge in [-0.05, 0) is 81.6 Å². The lowest BCUT2D eigenvalue weighted by molar-refractivity contribution is 0.0779. The number of aliphatic hydroxyl groups is 1. The van der Waals surface area contributed by atoms with Crippen molar-refractivity contribution in [2.45, 2.75) is 108 Å². The summed E-state index contributed by atoms with van der Waals surface area (Å²) in [5.41, 5.74) is 3.59. The van der Waals surface area contributed by atoms with E-state index in [1.807, 2.05) is 0 Å². The minimum atomic E-state index is -4.28. The van der Waals surface area contributed by atoms with E-state index in [4.69, 9.17) is 9.41 Å². The third-order valence-electron chi connectivity index (χ3n) is 7.52. The predicted molar refractivity (Wildman–Crippen MR) is 147 cm³/mol. The second-order valence-electron chi connectivity index (χ2n) is 12.0. The zero-order valence-corrected chi connectivity index (χ0v) is 25.4. The van der Waals surface area contributed by atoms with Crippen LogP contribution in [-0.2, 0) is 52.3 Å². The molecule has 9 nitrogen and oxygen atoms in total. The van der Waals surface area contributed by atoms with Crippen molar-refractivity contribution in [1.29, 1.82) is 0 Å². The molecular formula is C25H38N4O5S2Si. The van der Waals surface area contributed by atoms with E-state index < -0.39 is 30.0 Å². The standard InChI is InChI=1S/C25H38N4O5S2Si/c1-24(2,3)37(6,7)34-14-19-21(35-22(27-19)25(4,5)31)36(32,33)29-23(30)28-20-15-10-8-12-17(15)26-18-13-9-11-16(18)20/h31H,8-14H2,1-7H3,(H2,26,28,29,30). The average Bonchev–Trinajstić information content (AvgIpc) is 3.49. The summed E-state index contributed by atoms with van der Waals surface area (Å²) in [4.78, 5) is 22.3. The minimum Gasteiger partial charge on any atom is -0.411 e. The highest BCUT2D eigenvalue weighted by molar-refractivity contribution is 7.92. The van der Waals surface area contributed by atoms with Crippen LogP contribution in [0.2, 0.25) is 18.1 Å². The van der Waals surface area contributed by atoms with E-state index >= 15 is 0 Å². The molecule has 4 rings (SSSR count). The molecule has 37 heavy (non-hydrogen) atoms. The van der Waals surface area contributed by atoms with Crippen LogP contribution >= 0.6 is 11.3 Å². The van der Waals surface area contributed by atoms with Gasteiger partial charge in [-0.1, -0.05) is 20.8 Å². The maximum Gasteiger partial charge on any atom is 0.333 e. The molecule has 2 heterocycles. The summed E-state index contributed by atoms with van der Waals surface area (Å²) in [6.07, 6.45) is 5.31. The Kier molecular flexibility index (Phi) is 7.39. The van der Waals surface area contributed by atoms with Crippen molar-refractivity contribution in [1.82, 2.24) is 14.7 Å². The van der Waals surface area contributed by atoms with Gasteiger partial charge in [0.2, 0.25) is 0 Å². The van der Waals surface area contributed by atoms with E-state index in [1.54, 1.807) is 13.8 Å². The summed E-state index contributed by atoms with van der Waals surface area (Å²) in [6, 6.07) is -0.816. The van der Waals surface area contributed by atoms with E-state index in [2.05, 4.69) is 48.9 Å². The van der Waals surface area contributed by atoms with Gasteiger partial charge in [0.15, 0.2) is 12.5 Å². The summed E-state index contributed by atoms with van der Waals surface area (Å²) >= 11 is 0.854. The van der Waals surface area contributed by atoms with E-state index in [-0.39, 0.29) is 26.6 Å². The van der Waals surface area contributed by atoms with Gasteiger partial charge in [-0.2, -0.15) is 0 Å². The van der Waals surface area contributed by atoms with Crippen LogP contribution in [0.5, 0.6) is 0 Å². The number of fused-ring (bicyclic) bond motifs is 2. The van der Waals surface area contributed by atoms with E-state index in [9.17, 15) is 18.3 Å². The number of nitrogens with one attached hydrogen (secondary N) is 2. The first-order valence-electron chi connectivity index (χ1n) is 12.7. The maximum atomic E-state index is 13.4. The smallest absolute Gasteiger partial charge is 0.333 e. The average molecular weight is 567 g/mol. The van der Waals surface area contributed by atoms with Gasteiger partial charge in [0.05, 0.1) is 18.0 Å². The fraction of sp³-hybridized carbons (Fsp3) is 0.640. The van der Waals surface area contributed by atoms with E-state index in [0.29, 0.717) is 5.69 Å². The van der Waals surface area contributed by atoms with Crippen molar-refractivity contribution >= 4 is 41.4 Å². The molecule has 2 amide bonds. The van der Waals surface area contributed by atoms with Crippen LogP contribution in [0.15, 0.2) is 4.21 Å². The van der Waals surface area contributed by atoms with Crippen molar-refractivity contribution in [3.05, 3.63) is 33.2 Å². The lowest BCUT2D eigenvalue weighted by Gasteiger charge is -2.36. The van der Waals surface area contributed by atoms with Gasteiger partial charge < -0.3 is 14.8 Å². The van der Waals surface area contributed by atoms with Crippen LogP contribution in [-0.4, -0.2) is 37.8 Å². The number of anilines is 1. The van der Waals surface area contributed by atoms with Crippen LogP contribution in [0.3, 0.4) is 0 Å². The van der Waals surface area contributed by atoms with Crippen molar-refractivity contribution in [3.63, 3.8) is 0 Å². The Bertz CT molecular complexity index is 1290. The molecule has 0 saturated heterocycles. The van der Waals surface area contributed by atoms with E-state index in [0.717, 1.165) is 72.4 Å². The van der Waals surface area contributed by atoms with Crippen LogP contribution in [0.4, 0.5) is 10.5 Å². The number of amides is 2. The second kappa shape index (κ2) is 9.71. The van der Waals surface area contributed by atoms with Crippen LogP contribution in [0.25, 0.3) is 0 Å². The molecule has 0 fully saturated rings. The Labute approximate surface area is 224 Å². The lowest BCUT2D eigenvalue weighted by atomic mass is 10.1. The number of sulfonamides is 1. The third kappa shape index (κ3) is 5.77. The second-order valence-corrected chi connectivity index (χ2v) is 19.7. The summed E-state index contributed by atoms with van der Waals surface area (Å²) in [5, 5.41) is 13.5. The summed E-state index contributed by atoms with van der Waals surface area (Å²) in [7, 11) is -6.49. The topological polar surface area (TPSA) is 131 Å². The van der Waals surface area contributed by atoms with Crippen molar-refractivity contribution in [3.8, 4) is 0 Å². The largest absolute Gasteiger partial charge is 0.411 e. The van der Waals surface area contributed by atoms with Crippen LogP contribution < -0.4 is 10.0 Å². The first-order valence-corrected chi connectivity index (χ1v) is 17.9. The fourth-order valence-corrected chi connectivity index (χ4v) is 7.75. The van der Waals surface area contributed by atoms with Gasteiger partial charge in [-0.25, -0.2) is 22.9 Å². The number of pyridine rings is 1. The monoisotopic (exact) mass is 566 g/mol. The first-order chi connectivity index (χ1) is 17.0. The molecule has 0 radical (unpaired) electrons. The van der Waals surface area contributed by atoms with Crippen molar-refractivity contribution < 1.29 is 22.7 Å². The van der Waals surface area contributed by atoms with Gasteiger partial charge in [-0.15, -0.1) is 11.3 Å². The molecule has 2 aromatic heterocycles. The molecule has 0 aromatic carbocycles. The Hall–Kier alpha value is -1.86. The zero-order chi connectivity index (χ0) is 27.4. The highest BCUT2D eigenvalue weighted by Crippen LogP contribution is 2.39. The molecule has 0 spiro atoms. The molecule has 0 unspecified atom stereocenters. The Balaban J connectivity index is 1.60. The lowest BCUT2D eigenvalue weighted by Crippen LogP contribution is -2.40. The fourth-order valence-electron chi connectivity index (χ4n) is 4.41. The molecule has 2 aliphatic carbocycles. The summed E-state index contributed by atoms with van der Waals surface area (Å²) < 4.78 is 35.2. The highest BCUT2D eigenvalue weighted by atomic mass is 32.2. The van der Waals surface area contributed by atoms with Gasteiger partial charge in [0.25, 0.3) is 10.0 Å². The molecule has 3 N–H and O–H groups in total. The SMILES string of the molecule is CC(C)(O)c1nc(CO[Si](C)(C)C(C)(C)C)c(S(=O)(=O)NC(=O)Nc2c3c(nc4c2CCC4)CCC3)s1. The van der Waals surface area contributed by atoms with Crippen LogP contribution in [0, 0.1) is 0 Å².